The molecule has 1 aliphatic rings. The molecule has 1 aliphatic heterocycles. The van der Waals surface area contributed by atoms with E-state index in [-0.39, 0.29) is 0 Å². The van der Waals surface area contributed by atoms with Crippen molar-refractivity contribution in [3.8, 4) is 0 Å². The highest BCUT2D eigenvalue weighted by Crippen LogP contribution is 2.49. The second kappa shape index (κ2) is 2.01. The van der Waals surface area contributed by atoms with E-state index < -0.39 is 0 Å². The van der Waals surface area contributed by atoms with Crippen LogP contribution in [0.4, 0.5) is 0 Å². The first kappa shape index (κ1) is 9.05. The van der Waals surface area contributed by atoms with Gasteiger partial charge in [-0.1, -0.05) is 41.5 Å². The van der Waals surface area contributed by atoms with Crippen LogP contribution in [0.2, 0.25) is 0 Å². The fraction of sp³-hybridized carbons (Fsp3) is 1.00. The molecule has 1 heteroatoms. The lowest BCUT2D eigenvalue weighted by molar-refractivity contribution is 0.147. The van der Waals surface area contributed by atoms with Crippen LogP contribution in [0.1, 0.15) is 41.5 Å². The van der Waals surface area contributed by atoms with Crippen LogP contribution < -0.4 is 5.32 Å². The van der Waals surface area contributed by atoms with Crippen LogP contribution in [0.15, 0.2) is 0 Å². The van der Waals surface area contributed by atoms with E-state index >= 15 is 0 Å². The molecule has 0 aromatic carbocycles. The lowest BCUT2D eigenvalue weighted by Crippen LogP contribution is -2.44. The molecule has 1 N–H and O–H groups in total. The Labute approximate surface area is 70.6 Å². The molecule has 0 saturated carbocycles. The molecule has 0 aliphatic carbocycles. The molecular formula is C10H21N. The molecule has 1 heterocycles. The molecule has 1 rings (SSSR count). The van der Waals surface area contributed by atoms with Gasteiger partial charge in [-0.25, -0.2) is 0 Å². The lowest BCUT2D eigenvalue weighted by Gasteiger charge is -2.40. The Morgan fingerprint density at radius 1 is 0.909 bits per heavy atom. The highest BCUT2D eigenvalue weighted by atomic mass is 15.2. The average Bonchev–Trinajstić information content (AvgIpc) is 2.31. The smallest absolute Gasteiger partial charge is 0.0404 e. The second-order valence-corrected chi connectivity index (χ2v) is 5.76. The predicted octanol–water partition coefficient (Wildman–Crippen LogP) is 2.42. The summed E-state index contributed by atoms with van der Waals surface area (Å²) in [7, 11) is 0. The number of hydrogen-bond acceptors (Lipinski definition) is 1. The Morgan fingerprint density at radius 2 is 1.18 bits per heavy atom. The Morgan fingerprint density at radius 3 is 1.18 bits per heavy atom. The molecule has 0 spiro atoms. The van der Waals surface area contributed by atoms with Gasteiger partial charge < -0.3 is 5.32 Å². The van der Waals surface area contributed by atoms with Crippen molar-refractivity contribution in [1.29, 1.82) is 0 Å². The van der Waals surface area contributed by atoms with E-state index in [0.29, 0.717) is 16.4 Å². The maximum Gasteiger partial charge on any atom is 0.0404 e. The van der Waals surface area contributed by atoms with E-state index in [4.69, 9.17) is 0 Å². The first-order chi connectivity index (χ1) is 4.71. The molecule has 0 radical (unpaired) electrons. The Bertz CT molecular complexity index is 137. The maximum absolute atomic E-state index is 3.53. The van der Waals surface area contributed by atoms with Gasteiger partial charge in [-0.05, 0) is 10.8 Å². The van der Waals surface area contributed by atoms with Gasteiger partial charge in [-0.15, -0.1) is 0 Å². The SMILES string of the molecule is CC(C)(C)C1(C(C)(C)C)CN1. The van der Waals surface area contributed by atoms with Crippen LogP contribution in [0.3, 0.4) is 0 Å². The van der Waals surface area contributed by atoms with Crippen LogP contribution in [0, 0.1) is 10.8 Å². The molecule has 0 bridgehead atoms. The summed E-state index contributed by atoms with van der Waals surface area (Å²) in [5, 5.41) is 3.53. The summed E-state index contributed by atoms with van der Waals surface area (Å²) >= 11 is 0. The summed E-state index contributed by atoms with van der Waals surface area (Å²) < 4.78 is 0. The summed E-state index contributed by atoms with van der Waals surface area (Å²) in [4.78, 5) is 0. The largest absolute Gasteiger partial charge is 0.307 e. The Kier molecular flexibility index (Phi) is 1.65. The van der Waals surface area contributed by atoms with E-state index in [9.17, 15) is 0 Å². The molecule has 0 amide bonds. The molecule has 0 unspecified atom stereocenters. The number of rotatable bonds is 0. The van der Waals surface area contributed by atoms with Crippen molar-refractivity contribution < 1.29 is 0 Å². The van der Waals surface area contributed by atoms with Gasteiger partial charge in [0.2, 0.25) is 0 Å². The van der Waals surface area contributed by atoms with E-state index in [1.54, 1.807) is 0 Å². The highest BCUT2D eigenvalue weighted by Gasteiger charge is 2.58. The summed E-state index contributed by atoms with van der Waals surface area (Å²) in [5.41, 5.74) is 1.14. The van der Waals surface area contributed by atoms with Crippen molar-refractivity contribution in [3.05, 3.63) is 0 Å². The predicted molar refractivity (Wildman–Crippen MR) is 49.6 cm³/mol. The standard InChI is InChI=1S/C10H21N/c1-8(2,3)10(7-11-10)9(4,5)6/h11H,7H2,1-6H3. The van der Waals surface area contributed by atoms with E-state index in [1.807, 2.05) is 0 Å². The summed E-state index contributed by atoms with van der Waals surface area (Å²) in [5.74, 6) is 0. The molecule has 66 valence electrons. The van der Waals surface area contributed by atoms with Crippen LogP contribution in [-0.4, -0.2) is 12.1 Å². The lowest BCUT2D eigenvalue weighted by atomic mass is 9.66. The van der Waals surface area contributed by atoms with E-state index in [2.05, 4.69) is 46.9 Å². The van der Waals surface area contributed by atoms with Crippen molar-refractivity contribution in [1.82, 2.24) is 5.32 Å². The van der Waals surface area contributed by atoms with Crippen molar-refractivity contribution in [2.75, 3.05) is 6.54 Å². The van der Waals surface area contributed by atoms with Crippen LogP contribution >= 0.6 is 0 Å². The highest BCUT2D eigenvalue weighted by molar-refractivity contribution is 5.17. The summed E-state index contributed by atoms with van der Waals surface area (Å²) in [6, 6.07) is 0. The van der Waals surface area contributed by atoms with E-state index in [1.165, 1.54) is 6.54 Å². The maximum atomic E-state index is 3.53. The zero-order valence-corrected chi connectivity index (χ0v) is 8.71. The quantitative estimate of drug-likeness (QED) is 0.533. The molecule has 0 aromatic rings. The van der Waals surface area contributed by atoms with Crippen molar-refractivity contribution in [2.45, 2.75) is 47.1 Å². The van der Waals surface area contributed by atoms with Crippen molar-refractivity contribution >= 4 is 0 Å². The minimum atomic E-state index is 0.375. The third-order valence-corrected chi connectivity index (χ3v) is 3.09. The van der Waals surface area contributed by atoms with Crippen molar-refractivity contribution in [2.24, 2.45) is 10.8 Å². The second-order valence-electron chi connectivity index (χ2n) is 5.76. The monoisotopic (exact) mass is 155 g/mol. The molecular weight excluding hydrogens is 134 g/mol. The van der Waals surface area contributed by atoms with Gasteiger partial charge in [0.25, 0.3) is 0 Å². The number of hydrogen-bond donors (Lipinski definition) is 1. The minimum Gasteiger partial charge on any atom is -0.307 e. The zero-order chi connectivity index (χ0) is 8.91. The van der Waals surface area contributed by atoms with Crippen molar-refractivity contribution in [3.63, 3.8) is 0 Å². The van der Waals surface area contributed by atoms with Crippen LogP contribution in [-0.2, 0) is 0 Å². The molecule has 0 aromatic heterocycles. The molecule has 1 fully saturated rings. The third kappa shape index (κ3) is 1.20. The van der Waals surface area contributed by atoms with Gasteiger partial charge >= 0.3 is 0 Å². The van der Waals surface area contributed by atoms with Gasteiger partial charge in [0, 0.05) is 12.1 Å². The molecule has 1 saturated heterocycles. The average molecular weight is 155 g/mol. The van der Waals surface area contributed by atoms with E-state index in [0.717, 1.165) is 0 Å². The third-order valence-electron chi connectivity index (χ3n) is 3.09. The van der Waals surface area contributed by atoms with Gasteiger partial charge in [-0.3, -0.25) is 0 Å². The Hall–Kier alpha value is -0.0400. The van der Waals surface area contributed by atoms with Gasteiger partial charge in [-0.2, -0.15) is 0 Å². The van der Waals surface area contributed by atoms with Crippen LogP contribution in [0.5, 0.6) is 0 Å². The molecule has 1 nitrogen and oxygen atoms in total. The topological polar surface area (TPSA) is 21.9 Å². The number of nitrogens with one attached hydrogen (secondary N) is 1. The first-order valence-electron chi connectivity index (χ1n) is 4.46. The molecule has 0 atom stereocenters. The normalized spacial score (nSPS) is 23.5. The summed E-state index contributed by atoms with van der Waals surface area (Å²) in [6.45, 7) is 15.1. The van der Waals surface area contributed by atoms with Gasteiger partial charge in [0.05, 0.1) is 0 Å². The first-order valence-corrected chi connectivity index (χ1v) is 4.46. The minimum absolute atomic E-state index is 0.375. The van der Waals surface area contributed by atoms with Gasteiger partial charge in [0.15, 0.2) is 0 Å². The van der Waals surface area contributed by atoms with Crippen LogP contribution in [0.25, 0.3) is 0 Å². The van der Waals surface area contributed by atoms with Gasteiger partial charge in [0.1, 0.15) is 0 Å². The fourth-order valence-electron chi connectivity index (χ4n) is 2.27. The fourth-order valence-corrected chi connectivity index (χ4v) is 2.27. The molecule has 11 heavy (non-hydrogen) atoms. The summed E-state index contributed by atoms with van der Waals surface area (Å²) in [6.07, 6.45) is 0. The Balaban J connectivity index is 2.85. The zero-order valence-electron chi connectivity index (χ0n) is 8.71.